The third-order valence-corrected chi connectivity index (χ3v) is 3.31. The first kappa shape index (κ1) is 15.0. The summed E-state index contributed by atoms with van der Waals surface area (Å²) in [6, 6.07) is 9.93. The third-order valence-electron chi connectivity index (χ3n) is 2.75. The van der Waals surface area contributed by atoms with Gasteiger partial charge in [0.15, 0.2) is 0 Å². The maximum absolute atomic E-state index is 8.57. The van der Waals surface area contributed by atoms with E-state index in [9.17, 15) is 0 Å². The van der Waals surface area contributed by atoms with Crippen molar-refractivity contribution < 1.29 is 4.74 Å². The Balaban J connectivity index is 2.10. The third kappa shape index (κ3) is 6.66. The van der Waals surface area contributed by atoms with E-state index in [0.29, 0.717) is 6.42 Å². The molecule has 0 heterocycles. The van der Waals surface area contributed by atoms with Gasteiger partial charge in [-0.2, -0.15) is 5.26 Å². The Hall–Kier alpha value is -1.01. The quantitative estimate of drug-likeness (QED) is 0.498. The molecule has 98 valence electrons. The maximum Gasteiger partial charge on any atom is 0.119 e. The van der Waals surface area contributed by atoms with E-state index in [-0.39, 0.29) is 0 Å². The summed E-state index contributed by atoms with van der Waals surface area (Å²) in [6.07, 6.45) is 6.67. The SMILES string of the molecule is N#CCc1ccc(OCCCCCCCBr)cc1. The summed E-state index contributed by atoms with van der Waals surface area (Å²) >= 11 is 3.43. The number of benzene rings is 1. The molecule has 0 N–H and O–H groups in total. The fraction of sp³-hybridized carbons (Fsp3) is 0.533. The van der Waals surface area contributed by atoms with Crippen molar-refractivity contribution in [3.8, 4) is 11.8 Å². The van der Waals surface area contributed by atoms with Crippen LogP contribution in [0.4, 0.5) is 0 Å². The summed E-state index contributed by atoms with van der Waals surface area (Å²) in [5.74, 6) is 0.900. The molecular weight excluding hydrogens is 290 g/mol. The Morgan fingerprint density at radius 1 is 1.00 bits per heavy atom. The molecule has 0 aliphatic heterocycles. The van der Waals surface area contributed by atoms with Crippen molar-refractivity contribution in [1.29, 1.82) is 5.26 Å². The Labute approximate surface area is 118 Å². The van der Waals surface area contributed by atoms with Gasteiger partial charge in [0.2, 0.25) is 0 Å². The van der Waals surface area contributed by atoms with Gasteiger partial charge in [0, 0.05) is 5.33 Å². The number of hydrogen-bond acceptors (Lipinski definition) is 2. The van der Waals surface area contributed by atoms with Gasteiger partial charge >= 0.3 is 0 Å². The summed E-state index contributed by atoms with van der Waals surface area (Å²) in [4.78, 5) is 0. The van der Waals surface area contributed by atoms with Gasteiger partial charge in [0.1, 0.15) is 5.75 Å². The highest BCUT2D eigenvalue weighted by molar-refractivity contribution is 9.09. The number of nitrogens with zero attached hydrogens (tertiary/aromatic N) is 1. The van der Waals surface area contributed by atoms with Crippen LogP contribution in [0.5, 0.6) is 5.75 Å². The number of unbranched alkanes of at least 4 members (excludes halogenated alkanes) is 4. The first-order valence-corrected chi connectivity index (χ1v) is 7.63. The van der Waals surface area contributed by atoms with Gasteiger partial charge in [-0.25, -0.2) is 0 Å². The molecule has 0 fully saturated rings. The lowest BCUT2D eigenvalue weighted by Crippen LogP contribution is -1.97. The molecule has 0 amide bonds. The number of halogens is 1. The molecule has 2 nitrogen and oxygen atoms in total. The fourth-order valence-electron chi connectivity index (χ4n) is 1.71. The van der Waals surface area contributed by atoms with Crippen molar-refractivity contribution in [2.24, 2.45) is 0 Å². The van der Waals surface area contributed by atoms with Crippen molar-refractivity contribution in [1.82, 2.24) is 0 Å². The summed E-state index contributed by atoms with van der Waals surface area (Å²) in [5.41, 5.74) is 1.04. The second-order valence-corrected chi connectivity index (χ2v) is 5.08. The van der Waals surface area contributed by atoms with Crippen LogP contribution in [0.1, 0.15) is 37.7 Å². The molecule has 0 aromatic heterocycles. The number of alkyl halides is 1. The zero-order valence-electron chi connectivity index (χ0n) is 10.7. The van der Waals surface area contributed by atoms with Crippen LogP contribution in [0.2, 0.25) is 0 Å². The van der Waals surface area contributed by atoms with Crippen LogP contribution < -0.4 is 4.74 Å². The predicted molar refractivity (Wildman–Crippen MR) is 78.1 cm³/mol. The van der Waals surface area contributed by atoms with Gasteiger partial charge in [-0.05, 0) is 30.5 Å². The van der Waals surface area contributed by atoms with E-state index < -0.39 is 0 Å². The standard InChI is InChI=1S/C15H20BrNO/c16-11-4-2-1-3-5-13-18-15-8-6-14(7-9-15)10-12-17/h6-9H,1-5,10-11,13H2. The van der Waals surface area contributed by atoms with E-state index >= 15 is 0 Å². The van der Waals surface area contributed by atoms with Crippen LogP contribution in [-0.2, 0) is 6.42 Å². The number of hydrogen-bond donors (Lipinski definition) is 0. The molecule has 0 spiro atoms. The highest BCUT2D eigenvalue weighted by Gasteiger charge is 1.96. The monoisotopic (exact) mass is 309 g/mol. The largest absolute Gasteiger partial charge is 0.494 e. The van der Waals surface area contributed by atoms with Gasteiger partial charge in [-0.1, -0.05) is 47.3 Å². The molecule has 0 bridgehead atoms. The molecule has 0 radical (unpaired) electrons. The molecule has 0 saturated carbocycles. The maximum atomic E-state index is 8.57. The van der Waals surface area contributed by atoms with Crippen LogP contribution >= 0.6 is 15.9 Å². The Kier molecular flexibility index (Phi) is 8.33. The summed E-state index contributed by atoms with van der Waals surface area (Å²) in [7, 11) is 0. The predicted octanol–water partition coefficient (Wildman–Crippen LogP) is 4.48. The lowest BCUT2D eigenvalue weighted by Gasteiger charge is -2.06. The van der Waals surface area contributed by atoms with Crippen molar-refractivity contribution in [3.63, 3.8) is 0 Å². The number of rotatable bonds is 9. The van der Waals surface area contributed by atoms with Crippen LogP contribution in [0.25, 0.3) is 0 Å². The minimum Gasteiger partial charge on any atom is -0.494 e. The molecule has 18 heavy (non-hydrogen) atoms. The lowest BCUT2D eigenvalue weighted by molar-refractivity contribution is 0.304. The van der Waals surface area contributed by atoms with Gasteiger partial charge in [-0.15, -0.1) is 0 Å². The average Bonchev–Trinajstić information content (AvgIpc) is 2.40. The second-order valence-electron chi connectivity index (χ2n) is 4.28. The van der Waals surface area contributed by atoms with Crippen LogP contribution in [0.3, 0.4) is 0 Å². The van der Waals surface area contributed by atoms with Gasteiger partial charge in [0.05, 0.1) is 19.1 Å². The van der Waals surface area contributed by atoms with Gasteiger partial charge < -0.3 is 4.74 Å². The smallest absolute Gasteiger partial charge is 0.119 e. The van der Waals surface area contributed by atoms with Crippen molar-refractivity contribution >= 4 is 15.9 Å². The van der Waals surface area contributed by atoms with E-state index in [1.54, 1.807) is 0 Å². The molecule has 1 aromatic rings. The zero-order valence-corrected chi connectivity index (χ0v) is 12.3. The molecule has 0 saturated heterocycles. The van der Waals surface area contributed by atoms with Crippen LogP contribution in [0, 0.1) is 11.3 Å². The molecule has 0 aliphatic rings. The van der Waals surface area contributed by atoms with Crippen LogP contribution in [-0.4, -0.2) is 11.9 Å². The molecule has 0 aliphatic carbocycles. The number of nitriles is 1. The fourth-order valence-corrected chi connectivity index (χ4v) is 2.11. The summed E-state index contributed by atoms with van der Waals surface area (Å²) in [5, 5.41) is 9.68. The lowest BCUT2D eigenvalue weighted by atomic mass is 10.1. The van der Waals surface area contributed by atoms with Crippen LogP contribution in [0.15, 0.2) is 24.3 Å². The van der Waals surface area contributed by atoms with E-state index in [2.05, 4.69) is 22.0 Å². The zero-order chi connectivity index (χ0) is 13.1. The van der Waals surface area contributed by atoms with Crippen molar-refractivity contribution in [3.05, 3.63) is 29.8 Å². The molecule has 0 atom stereocenters. The normalized spacial score (nSPS) is 10.0. The molecule has 0 unspecified atom stereocenters. The average molecular weight is 310 g/mol. The second kappa shape index (κ2) is 9.96. The van der Waals surface area contributed by atoms with E-state index in [4.69, 9.17) is 10.00 Å². The highest BCUT2D eigenvalue weighted by Crippen LogP contribution is 2.13. The van der Waals surface area contributed by atoms with Gasteiger partial charge in [-0.3, -0.25) is 0 Å². The topological polar surface area (TPSA) is 33.0 Å². The minimum atomic E-state index is 0.466. The Bertz CT molecular complexity index is 356. The van der Waals surface area contributed by atoms with Crippen molar-refractivity contribution in [2.75, 3.05) is 11.9 Å². The first-order valence-electron chi connectivity index (χ1n) is 6.51. The molecule has 3 heteroatoms. The van der Waals surface area contributed by atoms with Crippen molar-refractivity contribution in [2.45, 2.75) is 38.5 Å². The molecular formula is C15H20BrNO. The highest BCUT2D eigenvalue weighted by atomic mass is 79.9. The molecule has 1 aromatic carbocycles. The van der Waals surface area contributed by atoms with E-state index in [0.717, 1.165) is 29.7 Å². The Morgan fingerprint density at radius 3 is 2.33 bits per heavy atom. The Morgan fingerprint density at radius 2 is 1.67 bits per heavy atom. The minimum absolute atomic E-state index is 0.466. The first-order chi connectivity index (χ1) is 8.86. The summed E-state index contributed by atoms with van der Waals surface area (Å²) < 4.78 is 5.65. The van der Waals surface area contributed by atoms with Gasteiger partial charge in [0.25, 0.3) is 0 Å². The molecule has 1 rings (SSSR count). The van der Waals surface area contributed by atoms with E-state index in [1.165, 1.54) is 25.7 Å². The summed E-state index contributed by atoms with van der Waals surface area (Å²) in [6.45, 7) is 0.784. The number of ether oxygens (including phenoxy) is 1. The van der Waals surface area contributed by atoms with E-state index in [1.807, 2.05) is 24.3 Å².